The number of hydrogen-bond donors (Lipinski definition) is 2. The van der Waals surface area contributed by atoms with Crippen LogP contribution in [0.15, 0.2) is 30.5 Å². The van der Waals surface area contributed by atoms with E-state index < -0.39 is 0 Å². The Balaban J connectivity index is 1.75. The van der Waals surface area contributed by atoms with Crippen LogP contribution >= 0.6 is 0 Å². The Morgan fingerprint density at radius 2 is 2.00 bits per heavy atom. The lowest BCUT2D eigenvalue weighted by Crippen LogP contribution is -2.49. The molecule has 1 aromatic heterocycles. The Bertz CT molecular complexity index is 612. The molecule has 0 saturated carbocycles. The first kappa shape index (κ1) is 13.0. The average Bonchev–Trinajstić information content (AvgIpc) is 2.81. The van der Waals surface area contributed by atoms with Gasteiger partial charge in [-0.3, -0.25) is 0 Å². The van der Waals surface area contributed by atoms with E-state index in [0.29, 0.717) is 13.1 Å². The third-order valence-corrected chi connectivity index (χ3v) is 3.54. The van der Waals surface area contributed by atoms with Crippen molar-refractivity contribution in [2.24, 2.45) is 0 Å². The normalized spacial score (nSPS) is 23.0. The number of para-hydroxylation sites is 1. The summed E-state index contributed by atoms with van der Waals surface area (Å²) in [6.07, 6.45) is 1.98. The molecule has 2 aromatic rings. The van der Waals surface area contributed by atoms with Crippen molar-refractivity contribution >= 4 is 22.6 Å². The lowest BCUT2D eigenvalue weighted by Gasteiger charge is -2.35. The Labute approximate surface area is 117 Å². The Morgan fingerprint density at radius 3 is 2.75 bits per heavy atom. The maximum atomic E-state index is 12.3. The number of anilines is 1. The van der Waals surface area contributed by atoms with Crippen LogP contribution in [0.5, 0.6) is 0 Å². The van der Waals surface area contributed by atoms with Crippen LogP contribution in [-0.2, 0) is 4.74 Å². The highest BCUT2D eigenvalue weighted by atomic mass is 16.5. The third-order valence-electron chi connectivity index (χ3n) is 3.54. The molecular formula is C15H19N3O2. The number of urea groups is 1. The summed E-state index contributed by atoms with van der Waals surface area (Å²) >= 11 is 0. The molecule has 0 bridgehead atoms. The molecule has 0 spiro atoms. The molecule has 0 aliphatic carbocycles. The van der Waals surface area contributed by atoms with Gasteiger partial charge in [0.2, 0.25) is 0 Å². The molecule has 1 aromatic carbocycles. The Morgan fingerprint density at radius 1 is 1.30 bits per heavy atom. The molecule has 106 valence electrons. The number of carbonyl (C=O) groups is 1. The van der Waals surface area contributed by atoms with Crippen molar-refractivity contribution in [2.45, 2.75) is 26.1 Å². The zero-order valence-electron chi connectivity index (χ0n) is 11.7. The molecule has 1 aliphatic heterocycles. The molecule has 5 heteroatoms. The molecule has 0 unspecified atom stereocenters. The van der Waals surface area contributed by atoms with Crippen molar-refractivity contribution in [3.05, 3.63) is 30.5 Å². The van der Waals surface area contributed by atoms with Crippen LogP contribution in [0.3, 0.4) is 0 Å². The standard InChI is InChI=1S/C15H19N3O2/c1-10-8-18(9-11(2)20-10)15(19)17-14-7-16-13-6-4-3-5-12(13)14/h3-7,10-11,16H,8-9H2,1-2H3,(H,17,19)/t10-,11-/m0/s1. The van der Waals surface area contributed by atoms with Crippen molar-refractivity contribution in [3.8, 4) is 0 Å². The highest BCUT2D eigenvalue weighted by Crippen LogP contribution is 2.23. The third kappa shape index (κ3) is 2.49. The van der Waals surface area contributed by atoms with E-state index in [1.807, 2.05) is 44.3 Å². The minimum atomic E-state index is -0.0725. The van der Waals surface area contributed by atoms with E-state index in [1.165, 1.54) is 0 Å². The van der Waals surface area contributed by atoms with Crippen LogP contribution < -0.4 is 5.32 Å². The molecule has 2 amide bonds. The second-order valence-electron chi connectivity index (χ2n) is 5.34. The first-order chi connectivity index (χ1) is 9.63. The molecule has 20 heavy (non-hydrogen) atoms. The van der Waals surface area contributed by atoms with Gasteiger partial charge in [-0.15, -0.1) is 0 Å². The quantitative estimate of drug-likeness (QED) is 0.839. The number of nitrogens with zero attached hydrogens (tertiary/aromatic N) is 1. The highest BCUT2D eigenvalue weighted by molar-refractivity contribution is 6.00. The molecule has 1 aliphatic rings. The van der Waals surface area contributed by atoms with Crippen LogP contribution in [0.1, 0.15) is 13.8 Å². The largest absolute Gasteiger partial charge is 0.372 e. The van der Waals surface area contributed by atoms with Gasteiger partial charge in [0.15, 0.2) is 0 Å². The monoisotopic (exact) mass is 273 g/mol. The summed E-state index contributed by atoms with van der Waals surface area (Å²) in [5.41, 5.74) is 1.84. The van der Waals surface area contributed by atoms with E-state index in [1.54, 1.807) is 4.90 Å². The number of hydrogen-bond acceptors (Lipinski definition) is 2. The van der Waals surface area contributed by atoms with Gasteiger partial charge in [0, 0.05) is 30.2 Å². The van der Waals surface area contributed by atoms with Gasteiger partial charge in [0.25, 0.3) is 0 Å². The fourth-order valence-corrected chi connectivity index (χ4v) is 2.71. The number of benzene rings is 1. The number of aromatic amines is 1. The average molecular weight is 273 g/mol. The lowest BCUT2D eigenvalue weighted by molar-refractivity contribution is -0.0530. The molecule has 0 radical (unpaired) electrons. The number of carbonyl (C=O) groups excluding carboxylic acids is 1. The van der Waals surface area contributed by atoms with Crippen LogP contribution in [0.25, 0.3) is 10.9 Å². The van der Waals surface area contributed by atoms with Crippen molar-refractivity contribution in [3.63, 3.8) is 0 Å². The van der Waals surface area contributed by atoms with Crippen LogP contribution in [0.2, 0.25) is 0 Å². The van der Waals surface area contributed by atoms with Gasteiger partial charge in [0.05, 0.1) is 17.9 Å². The SMILES string of the molecule is C[C@H]1CN(C(=O)Nc2c[nH]c3ccccc23)C[C@H](C)O1. The van der Waals surface area contributed by atoms with Crippen molar-refractivity contribution in [1.82, 2.24) is 9.88 Å². The highest BCUT2D eigenvalue weighted by Gasteiger charge is 2.26. The minimum Gasteiger partial charge on any atom is -0.372 e. The summed E-state index contributed by atoms with van der Waals surface area (Å²) in [6.45, 7) is 5.22. The van der Waals surface area contributed by atoms with Crippen LogP contribution in [0, 0.1) is 0 Å². The first-order valence-electron chi connectivity index (χ1n) is 6.91. The van der Waals surface area contributed by atoms with Gasteiger partial charge in [-0.05, 0) is 19.9 Å². The van der Waals surface area contributed by atoms with Gasteiger partial charge in [0.1, 0.15) is 0 Å². The van der Waals surface area contributed by atoms with E-state index in [-0.39, 0.29) is 18.2 Å². The number of ether oxygens (including phenoxy) is 1. The summed E-state index contributed by atoms with van der Waals surface area (Å²) in [4.78, 5) is 17.3. The van der Waals surface area contributed by atoms with Gasteiger partial charge >= 0.3 is 6.03 Å². The Kier molecular flexibility index (Phi) is 3.36. The zero-order chi connectivity index (χ0) is 14.1. The first-order valence-corrected chi connectivity index (χ1v) is 6.91. The number of rotatable bonds is 1. The van der Waals surface area contributed by atoms with Gasteiger partial charge < -0.3 is 19.9 Å². The van der Waals surface area contributed by atoms with E-state index in [0.717, 1.165) is 16.6 Å². The number of aromatic nitrogens is 1. The van der Waals surface area contributed by atoms with E-state index >= 15 is 0 Å². The second kappa shape index (κ2) is 5.17. The summed E-state index contributed by atoms with van der Waals surface area (Å²) in [5.74, 6) is 0. The molecule has 2 heterocycles. The van der Waals surface area contributed by atoms with Crippen molar-refractivity contribution < 1.29 is 9.53 Å². The molecule has 2 N–H and O–H groups in total. The topological polar surface area (TPSA) is 57.4 Å². The van der Waals surface area contributed by atoms with Crippen LogP contribution in [-0.4, -0.2) is 41.2 Å². The van der Waals surface area contributed by atoms with Crippen molar-refractivity contribution in [1.29, 1.82) is 0 Å². The summed E-state index contributed by atoms with van der Waals surface area (Å²) < 4.78 is 5.64. The molecular weight excluding hydrogens is 254 g/mol. The molecule has 2 atom stereocenters. The lowest BCUT2D eigenvalue weighted by atomic mass is 10.2. The fourth-order valence-electron chi connectivity index (χ4n) is 2.71. The van der Waals surface area contributed by atoms with Gasteiger partial charge in [-0.2, -0.15) is 0 Å². The maximum Gasteiger partial charge on any atom is 0.322 e. The summed E-state index contributed by atoms with van der Waals surface area (Å²) in [5, 5.41) is 4.00. The van der Waals surface area contributed by atoms with Gasteiger partial charge in [-0.1, -0.05) is 18.2 Å². The fraction of sp³-hybridized carbons (Fsp3) is 0.400. The second-order valence-corrected chi connectivity index (χ2v) is 5.34. The maximum absolute atomic E-state index is 12.3. The van der Waals surface area contributed by atoms with Gasteiger partial charge in [-0.25, -0.2) is 4.79 Å². The predicted molar refractivity (Wildman–Crippen MR) is 78.9 cm³/mol. The Hall–Kier alpha value is -2.01. The smallest absolute Gasteiger partial charge is 0.322 e. The number of H-pyrrole nitrogens is 1. The van der Waals surface area contributed by atoms with E-state index in [9.17, 15) is 4.79 Å². The van der Waals surface area contributed by atoms with E-state index in [2.05, 4.69) is 10.3 Å². The summed E-state index contributed by atoms with van der Waals surface area (Å²) in [6, 6.07) is 7.84. The zero-order valence-corrected chi connectivity index (χ0v) is 11.7. The van der Waals surface area contributed by atoms with E-state index in [4.69, 9.17) is 4.74 Å². The molecule has 5 nitrogen and oxygen atoms in total. The number of morpholine rings is 1. The number of amides is 2. The molecule has 1 fully saturated rings. The number of nitrogens with one attached hydrogen (secondary N) is 2. The minimum absolute atomic E-state index is 0.0725. The molecule has 1 saturated heterocycles. The van der Waals surface area contributed by atoms with Crippen LogP contribution in [0.4, 0.5) is 10.5 Å². The van der Waals surface area contributed by atoms with Crippen molar-refractivity contribution in [2.75, 3.05) is 18.4 Å². The number of fused-ring (bicyclic) bond motifs is 1. The summed E-state index contributed by atoms with van der Waals surface area (Å²) in [7, 11) is 0. The predicted octanol–water partition coefficient (Wildman–Crippen LogP) is 2.81. The molecule has 3 rings (SSSR count).